The molecule has 1 aliphatic heterocycles. The number of aryl methyl sites for hydroxylation is 1. The van der Waals surface area contributed by atoms with Gasteiger partial charge in [0.05, 0.1) is 6.73 Å². The van der Waals surface area contributed by atoms with Crippen LogP contribution in [0.15, 0.2) is 12.1 Å². The maximum absolute atomic E-state index is 8.92. The SMILES string of the molecule is Cc1cc2c(cc1CCN(C)CO)OCO2. The number of fused-ring (bicyclic) bond motifs is 1. The van der Waals surface area contributed by atoms with Gasteiger partial charge in [-0.15, -0.1) is 0 Å². The maximum Gasteiger partial charge on any atom is 0.231 e. The summed E-state index contributed by atoms with van der Waals surface area (Å²) in [5, 5.41) is 8.92. The van der Waals surface area contributed by atoms with Gasteiger partial charge >= 0.3 is 0 Å². The molecule has 0 spiro atoms. The molecule has 88 valence electrons. The molecule has 0 aliphatic carbocycles. The number of likely N-dealkylation sites (N-methyl/N-ethyl adjacent to an activating group) is 1. The minimum Gasteiger partial charge on any atom is -0.454 e. The van der Waals surface area contributed by atoms with Crippen LogP contribution in [-0.4, -0.2) is 37.1 Å². The van der Waals surface area contributed by atoms with Gasteiger partial charge in [0.15, 0.2) is 11.5 Å². The quantitative estimate of drug-likeness (QED) is 0.777. The monoisotopic (exact) mass is 223 g/mol. The van der Waals surface area contributed by atoms with E-state index in [-0.39, 0.29) is 6.73 Å². The molecule has 0 bridgehead atoms. The zero-order valence-corrected chi connectivity index (χ0v) is 9.69. The molecule has 1 N–H and O–H groups in total. The van der Waals surface area contributed by atoms with Crippen molar-refractivity contribution in [3.05, 3.63) is 23.3 Å². The van der Waals surface area contributed by atoms with E-state index in [0.29, 0.717) is 6.79 Å². The average Bonchev–Trinajstić information content (AvgIpc) is 2.72. The van der Waals surface area contributed by atoms with E-state index in [1.54, 1.807) is 0 Å². The van der Waals surface area contributed by atoms with Gasteiger partial charge in [-0.25, -0.2) is 0 Å². The summed E-state index contributed by atoms with van der Waals surface area (Å²) < 4.78 is 10.7. The van der Waals surface area contributed by atoms with Gasteiger partial charge in [-0.2, -0.15) is 0 Å². The second-order valence-corrected chi connectivity index (χ2v) is 4.10. The van der Waals surface area contributed by atoms with Gasteiger partial charge in [-0.1, -0.05) is 0 Å². The summed E-state index contributed by atoms with van der Waals surface area (Å²) >= 11 is 0. The predicted molar refractivity (Wildman–Crippen MR) is 60.7 cm³/mol. The maximum atomic E-state index is 8.92. The molecule has 0 saturated carbocycles. The van der Waals surface area contributed by atoms with Crippen LogP contribution in [0.5, 0.6) is 11.5 Å². The molecule has 0 fully saturated rings. The van der Waals surface area contributed by atoms with Gasteiger partial charge in [0, 0.05) is 6.54 Å². The highest BCUT2D eigenvalue weighted by Crippen LogP contribution is 2.34. The lowest BCUT2D eigenvalue weighted by Gasteiger charge is -2.14. The third-order valence-corrected chi connectivity index (χ3v) is 2.84. The number of nitrogens with zero attached hydrogens (tertiary/aromatic N) is 1. The molecular weight excluding hydrogens is 206 g/mol. The van der Waals surface area contributed by atoms with Gasteiger partial charge in [0.2, 0.25) is 6.79 Å². The second-order valence-electron chi connectivity index (χ2n) is 4.10. The van der Waals surface area contributed by atoms with Gasteiger partial charge in [0.1, 0.15) is 0 Å². The average molecular weight is 223 g/mol. The molecule has 4 nitrogen and oxygen atoms in total. The van der Waals surface area contributed by atoms with E-state index in [2.05, 4.69) is 6.92 Å². The molecule has 0 aromatic heterocycles. The standard InChI is InChI=1S/C12H17NO3/c1-9-5-11-12(16-8-15-11)6-10(9)3-4-13(2)7-14/h5-6,14H,3-4,7-8H2,1-2H3. The molecule has 0 saturated heterocycles. The fourth-order valence-electron chi connectivity index (χ4n) is 1.74. The molecular formula is C12H17NO3. The van der Waals surface area contributed by atoms with E-state index in [1.807, 2.05) is 24.1 Å². The van der Waals surface area contributed by atoms with Crippen molar-refractivity contribution in [2.75, 3.05) is 27.1 Å². The van der Waals surface area contributed by atoms with Crippen molar-refractivity contribution in [2.24, 2.45) is 0 Å². The predicted octanol–water partition coefficient (Wildman–Crippen LogP) is 1.15. The first kappa shape index (κ1) is 11.2. The summed E-state index contributed by atoms with van der Waals surface area (Å²) in [5.74, 6) is 1.66. The third-order valence-electron chi connectivity index (χ3n) is 2.84. The normalized spacial score (nSPS) is 13.5. The fraction of sp³-hybridized carbons (Fsp3) is 0.500. The molecule has 1 heterocycles. The fourth-order valence-corrected chi connectivity index (χ4v) is 1.74. The zero-order chi connectivity index (χ0) is 11.5. The molecule has 2 rings (SSSR count). The first-order chi connectivity index (χ1) is 7.70. The summed E-state index contributed by atoms with van der Waals surface area (Å²) in [4.78, 5) is 1.87. The van der Waals surface area contributed by atoms with Crippen molar-refractivity contribution in [3.8, 4) is 11.5 Å². The third kappa shape index (κ3) is 2.28. The largest absolute Gasteiger partial charge is 0.454 e. The van der Waals surface area contributed by atoms with Crippen molar-refractivity contribution in [3.63, 3.8) is 0 Å². The summed E-state index contributed by atoms with van der Waals surface area (Å²) in [6, 6.07) is 4.04. The smallest absolute Gasteiger partial charge is 0.231 e. The molecule has 0 atom stereocenters. The molecule has 16 heavy (non-hydrogen) atoms. The van der Waals surface area contributed by atoms with Crippen molar-refractivity contribution in [2.45, 2.75) is 13.3 Å². The van der Waals surface area contributed by atoms with Crippen LogP contribution in [-0.2, 0) is 6.42 Å². The number of ether oxygens (including phenoxy) is 2. The number of aliphatic hydroxyl groups excluding tert-OH is 1. The highest BCUT2D eigenvalue weighted by atomic mass is 16.7. The van der Waals surface area contributed by atoms with Crippen LogP contribution in [0.4, 0.5) is 0 Å². The van der Waals surface area contributed by atoms with E-state index in [0.717, 1.165) is 24.5 Å². The zero-order valence-electron chi connectivity index (χ0n) is 9.69. The number of hydrogen-bond donors (Lipinski definition) is 1. The molecule has 1 aromatic carbocycles. The van der Waals surface area contributed by atoms with Crippen LogP contribution in [0.2, 0.25) is 0 Å². The van der Waals surface area contributed by atoms with Crippen LogP contribution in [0, 0.1) is 6.92 Å². The lowest BCUT2D eigenvalue weighted by Crippen LogP contribution is -2.22. The Kier molecular flexibility index (Phi) is 3.31. The highest BCUT2D eigenvalue weighted by molar-refractivity contribution is 5.48. The first-order valence-corrected chi connectivity index (χ1v) is 5.39. The molecule has 0 unspecified atom stereocenters. The Bertz CT molecular complexity index is 379. The van der Waals surface area contributed by atoms with E-state index >= 15 is 0 Å². The Hall–Kier alpha value is -1.26. The van der Waals surface area contributed by atoms with Gasteiger partial charge < -0.3 is 14.6 Å². The van der Waals surface area contributed by atoms with Crippen LogP contribution in [0.1, 0.15) is 11.1 Å². The molecule has 0 amide bonds. The first-order valence-electron chi connectivity index (χ1n) is 5.39. The lowest BCUT2D eigenvalue weighted by atomic mass is 10.0. The van der Waals surface area contributed by atoms with E-state index in [4.69, 9.17) is 14.6 Å². The summed E-state index contributed by atoms with van der Waals surface area (Å²) in [6.07, 6.45) is 0.902. The Balaban J connectivity index is 2.09. The Morgan fingerprint density at radius 3 is 2.69 bits per heavy atom. The molecule has 0 radical (unpaired) electrons. The lowest BCUT2D eigenvalue weighted by molar-refractivity contribution is 0.134. The number of rotatable bonds is 4. The Labute approximate surface area is 95.4 Å². The Morgan fingerprint density at radius 2 is 2.00 bits per heavy atom. The van der Waals surface area contributed by atoms with Crippen LogP contribution >= 0.6 is 0 Å². The van der Waals surface area contributed by atoms with Crippen LogP contribution in [0.3, 0.4) is 0 Å². The minimum atomic E-state index is 0.0869. The molecule has 4 heteroatoms. The number of aliphatic hydroxyl groups is 1. The summed E-state index contributed by atoms with van der Waals surface area (Å²) in [6.45, 7) is 3.30. The summed E-state index contributed by atoms with van der Waals surface area (Å²) in [5.41, 5.74) is 2.44. The number of benzene rings is 1. The topological polar surface area (TPSA) is 41.9 Å². The van der Waals surface area contributed by atoms with Crippen molar-refractivity contribution in [1.29, 1.82) is 0 Å². The highest BCUT2D eigenvalue weighted by Gasteiger charge is 2.15. The molecule has 1 aromatic rings. The van der Waals surface area contributed by atoms with Crippen molar-refractivity contribution in [1.82, 2.24) is 4.90 Å². The summed E-state index contributed by atoms with van der Waals surface area (Å²) in [7, 11) is 1.89. The second kappa shape index (κ2) is 4.72. The van der Waals surface area contributed by atoms with Gasteiger partial charge in [-0.05, 0) is 43.7 Å². The van der Waals surface area contributed by atoms with E-state index in [1.165, 1.54) is 11.1 Å². The molecule has 1 aliphatic rings. The van der Waals surface area contributed by atoms with Gasteiger partial charge in [-0.3, -0.25) is 4.90 Å². The van der Waals surface area contributed by atoms with Crippen LogP contribution in [0.25, 0.3) is 0 Å². The van der Waals surface area contributed by atoms with Crippen molar-refractivity contribution >= 4 is 0 Å². The van der Waals surface area contributed by atoms with Gasteiger partial charge in [0.25, 0.3) is 0 Å². The Morgan fingerprint density at radius 1 is 1.31 bits per heavy atom. The van der Waals surface area contributed by atoms with Crippen LogP contribution < -0.4 is 9.47 Å². The van der Waals surface area contributed by atoms with Crippen molar-refractivity contribution < 1.29 is 14.6 Å². The van der Waals surface area contributed by atoms with E-state index in [9.17, 15) is 0 Å². The minimum absolute atomic E-state index is 0.0869. The number of hydrogen-bond acceptors (Lipinski definition) is 4. The van der Waals surface area contributed by atoms with E-state index < -0.39 is 0 Å².